The van der Waals surface area contributed by atoms with E-state index in [0.29, 0.717) is 30.8 Å². The van der Waals surface area contributed by atoms with Crippen LogP contribution in [0.3, 0.4) is 0 Å². The van der Waals surface area contributed by atoms with Crippen molar-refractivity contribution in [2.24, 2.45) is 5.92 Å². The van der Waals surface area contributed by atoms with E-state index in [9.17, 15) is 13.2 Å². The van der Waals surface area contributed by atoms with Crippen molar-refractivity contribution in [3.8, 4) is 0 Å². The fourth-order valence-electron chi connectivity index (χ4n) is 3.45. The lowest BCUT2D eigenvalue weighted by molar-refractivity contribution is -0.151. The summed E-state index contributed by atoms with van der Waals surface area (Å²) in [7, 11) is -3.55. The number of sulfonamides is 1. The zero-order valence-electron chi connectivity index (χ0n) is 17.3. The van der Waals surface area contributed by atoms with Gasteiger partial charge in [-0.15, -0.1) is 0 Å². The van der Waals surface area contributed by atoms with E-state index in [2.05, 4.69) is 20.8 Å². The molecule has 0 bridgehead atoms. The van der Waals surface area contributed by atoms with Crippen LogP contribution in [0.5, 0.6) is 0 Å². The fourth-order valence-corrected chi connectivity index (χ4v) is 4.92. The van der Waals surface area contributed by atoms with Crippen molar-refractivity contribution < 1.29 is 17.9 Å². The average Bonchev–Trinajstić information content (AvgIpc) is 2.72. The number of benzene rings is 2. The van der Waals surface area contributed by atoms with Crippen molar-refractivity contribution in [3.63, 3.8) is 0 Å². The molecule has 1 fully saturated rings. The van der Waals surface area contributed by atoms with E-state index in [1.165, 1.54) is 4.31 Å². The molecular formula is C23H29NO4S. The Morgan fingerprint density at radius 1 is 1.00 bits per heavy atom. The molecule has 5 nitrogen and oxygen atoms in total. The summed E-state index contributed by atoms with van der Waals surface area (Å²) < 4.78 is 32.8. The molecule has 3 rings (SSSR count). The minimum atomic E-state index is -3.55. The smallest absolute Gasteiger partial charge is 0.309 e. The van der Waals surface area contributed by atoms with Gasteiger partial charge in [-0.05, 0) is 41.5 Å². The third-order valence-corrected chi connectivity index (χ3v) is 7.28. The highest BCUT2D eigenvalue weighted by molar-refractivity contribution is 7.89. The first kappa shape index (κ1) is 21.5. The second kappa shape index (κ2) is 8.67. The number of hydrogen-bond donors (Lipinski definition) is 0. The Balaban J connectivity index is 1.57. The quantitative estimate of drug-likeness (QED) is 0.689. The monoisotopic (exact) mass is 415 g/mol. The van der Waals surface area contributed by atoms with Gasteiger partial charge < -0.3 is 4.74 Å². The van der Waals surface area contributed by atoms with Gasteiger partial charge in [0.15, 0.2) is 0 Å². The highest BCUT2D eigenvalue weighted by Gasteiger charge is 2.33. The fraction of sp³-hybridized carbons (Fsp3) is 0.435. The molecule has 156 valence electrons. The molecule has 0 spiro atoms. The molecule has 0 amide bonds. The first-order valence-electron chi connectivity index (χ1n) is 9.99. The second-order valence-corrected chi connectivity index (χ2v) is 10.5. The number of carbonyl (C=O) groups is 1. The number of nitrogens with zero attached hydrogens (tertiary/aromatic N) is 1. The van der Waals surface area contributed by atoms with Gasteiger partial charge >= 0.3 is 5.97 Å². The molecule has 0 aliphatic carbocycles. The van der Waals surface area contributed by atoms with Crippen LogP contribution >= 0.6 is 0 Å². The first-order chi connectivity index (χ1) is 13.7. The Hall–Kier alpha value is -2.18. The van der Waals surface area contributed by atoms with Crippen molar-refractivity contribution in [3.05, 3.63) is 65.7 Å². The molecule has 2 aromatic carbocycles. The zero-order valence-corrected chi connectivity index (χ0v) is 18.1. The van der Waals surface area contributed by atoms with Crippen molar-refractivity contribution in [2.45, 2.75) is 50.5 Å². The molecule has 29 heavy (non-hydrogen) atoms. The molecule has 0 atom stereocenters. The number of hydrogen-bond acceptors (Lipinski definition) is 4. The van der Waals surface area contributed by atoms with E-state index in [-0.39, 0.29) is 23.9 Å². The maximum absolute atomic E-state index is 12.9. The number of esters is 1. The van der Waals surface area contributed by atoms with Gasteiger partial charge in [-0.25, -0.2) is 8.42 Å². The summed E-state index contributed by atoms with van der Waals surface area (Å²) in [6.45, 7) is 7.19. The highest BCUT2D eigenvalue weighted by atomic mass is 32.2. The summed E-state index contributed by atoms with van der Waals surface area (Å²) >= 11 is 0. The van der Waals surface area contributed by atoms with Gasteiger partial charge in [0.2, 0.25) is 10.0 Å². The summed E-state index contributed by atoms with van der Waals surface area (Å²) in [6.07, 6.45) is 0.958. The van der Waals surface area contributed by atoms with E-state index in [1.807, 2.05) is 42.5 Å². The minimum absolute atomic E-state index is 0.0270. The van der Waals surface area contributed by atoms with E-state index < -0.39 is 10.0 Å². The van der Waals surface area contributed by atoms with Crippen molar-refractivity contribution >= 4 is 16.0 Å². The van der Waals surface area contributed by atoms with Crippen LogP contribution in [0.25, 0.3) is 0 Å². The van der Waals surface area contributed by atoms with Crippen LogP contribution in [0.1, 0.15) is 44.7 Å². The molecule has 1 aliphatic heterocycles. The molecule has 0 radical (unpaired) electrons. The molecule has 2 aromatic rings. The van der Waals surface area contributed by atoms with Gasteiger partial charge in [0, 0.05) is 13.1 Å². The molecule has 1 heterocycles. The molecule has 1 saturated heterocycles. The lowest BCUT2D eigenvalue weighted by Crippen LogP contribution is -2.40. The van der Waals surface area contributed by atoms with Gasteiger partial charge in [-0.3, -0.25) is 4.79 Å². The topological polar surface area (TPSA) is 63.7 Å². The van der Waals surface area contributed by atoms with E-state index >= 15 is 0 Å². The molecule has 0 saturated carbocycles. The van der Waals surface area contributed by atoms with Crippen molar-refractivity contribution in [1.29, 1.82) is 0 Å². The molecule has 1 aliphatic rings. The van der Waals surface area contributed by atoms with Crippen LogP contribution in [0.15, 0.2) is 59.5 Å². The predicted octanol–water partition coefficient (Wildman–Crippen LogP) is 4.13. The van der Waals surface area contributed by atoms with E-state index in [0.717, 1.165) is 11.1 Å². The lowest BCUT2D eigenvalue weighted by atomic mass is 9.87. The van der Waals surface area contributed by atoms with Crippen LogP contribution in [0.2, 0.25) is 0 Å². The first-order valence-corrected chi connectivity index (χ1v) is 11.4. The minimum Gasteiger partial charge on any atom is -0.461 e. The van der Waals surface area contributed by atoms with E-state index in [4.69, 9.17) is 4.74 Å². The maximum atomic E-state index is 12.9. The maximum Gasteiger partial charge on any atom is 0.309 e. The normalized spacial score (nSPS) is 16.5. The SMILES string of the molecule is CC(C)(C)c1ccc(S(=O)(=O)N2CCC(C(=O)OCc3ccccc3)CC2)cc1. The van der Waals surface area contributed by atoms with Crippen LogP contribution in [0.4, 0.5) is 0 Å². The van der Waals surface area contributed by atoms with Crippen molar-refractivity contribution in [1.82, 2.24) is 4.31 Å². The molecule has 0 unspecified atom stereocenters. The Bertz CT molecular complexity index is 923. The van der Waals surface area contributed by atoms with Crippen LogP contribution in [-0.4, -0.2) is 31.8 Å². The standard InChI is InChI=1S/C23H29NO4S/c1-23(2,3)20-9-11-21(12-10-20)29(26,27)24-15-13-19(14-16-24)22(25)28-17-18-7-5-4-6-8-18/h4-12,19H,13-17H2,1-3H3. The second-order valence-electron chi connectivity index (χ2n) is 8.55. The highest BCUT2D eigenvalue weighted by Crippen LogP contribution is 2.27. The Kier molecular flexibility index (Phi) is 6.44. The summed E-state index contributed by atoms with van der Waals surface area (Å²) in [5.41, 5.74) is 2.01. The summed E-state index contributed by atoms with van der Waals surface area (Å²) in [6, 6.07) is 16.6. The van der Waals surface area contributed by atoms with Gasteiger partial charge in [-0.2, -0.15) is 4.31 Å². The Morgan fingerprint density at radius 2 is 1.59 bits per heavy atom. The molecular weight excluding hydrogens is 386 g/mol. The average molecular weight is 416 g/mol. The van der Waals surface area contributed by atoms with Crippen LogP contribution in [-0.2, 0) is 31.6 Å². The van der Waals surface area contributed by atoms with E-state index in [1.54, 1.807) is 12.1 Å². The summed E-state index contributed by atoms with van der Waals surface area (Å²) in [5.74, 6) is -0.506. The molecule has 0 aromatic heterocycles. The summed E-state index contributed by atoms with van der Waals surface area (Å²) in [4.78, 5) is 12.6. The van der Waals surface area contributed by atoms with Gasteiger partial charge in [-0.1, -0.05) is 63.2 Å². The molecule has 6 heteroatoms. The third-order valence-electron chi connectivity index (χ3n) is 5.37. The Morgan fingerprint density at radius 3 is 2.14 bits per heavy atom. The lowest BCUT2D eigenvalue weighted by Gasteiger charge is -2.30. The van der Waals surface area contributed by atoms with Crippen LogP contribution < -0.4 is 0 Å². The number of ether oxygens (including phenoxy) is 1. The van der Waals surface area contributed by atoms with Gasteiger partial charge in [0.1, 0.15) is 6.61 Å². The molecule has 0 N–H and O–H groups in total. The number of rotatable bonds is 5. The largest absolute Gasteiger partial charge is 0.461 e. The Labute approximate surface area is 173 Å². The predicted molar refractivity (Wildman–Crippen MR) is 113 cm³/mol. The number of carbonyl (C=O) groups excluding carboxylic acids is 1. The van der Waals surface area contributed by atoms with Crippen molar-refractivity contribution in [2.75, 3.05) is 13.1 Å². The van der Waals surface area contributed by atoms with Gasteiger partial charge in [0.25, 0.3) is 0 Å². The summed E-state index contributed by atoms with van der Waals surface area (Å²) in [5, 5.41) is 0. The zero-order chi connectivity index (χ0) is 21.1. The number of piperidine rings is 1. The van der Waals surface area contributed by atoms with Gasteiger partial charge in [0.05, 0.1) is 10.8 Å². The third kappa shape index (κ3) is 5.25. The van der Waals surface area contributed by atoms with Crippen LogP contribution in [0, 0.1) is 5.92 Å².